The second-order valence-corrected chi connectivity index (χ2v) is 2.66. The van der Waals surface area contributed by atoms with Crippen LogP contribution in [0.1, 0.15) is 11.3 Å². The quantitative estimate of drug-likeness (QED) is 0.724. The number of aryl methyl sites for hydroxylation is 2. The average Bonchev–Trinajstić information content (AvgIpc) is 2.31. The van der Waals surface area contributed by atoms with Crippen LogP contribution in [0.5, 0.6) is 0 Å². The molecule has 0 unspecified atom stereocenters. The predicted octanol–water partition coefficient (Wildman–Crippen LogP) is 0.813. The van der Waals surface area contributed by atoms with Crippen LogP contribution < -0.4 is 0 Å². The Morgan fingerprint density at radius 2 is 2.25 bits per heavy atom. The van der Waals surface area contributed by atoms with Crippen molar-refractivity contribution >= 4 is 0 Å². The van der Waals surface area contributed by atoms with Crippen LogP contribution in [-0.2, 0) is 13.0 Å². The molecule has 3 nitrogen and oxygen atoms in total. The molecule has 0 fully saturated rings. The molecule has 0 saturated carbocycles. The summed E-state index contributed by atoms with van der Waals surface area (Å²) in [5.74, 6) is -3.18. The number of hydrogen-bond acceptors (Lipinski definition) is 2. The Labute approximate surface area is 68.6 Å². The molecule has 0 aliphatic carbocycles. The van der Waals surface area contributed by atoms with Gasteiger partial charge >= 0.3 is 0 Å². The number of aromatic nitrogens is 2. The van der Waals surface area contributed by atoms with Crippen LogP contribution in [-0.4, -0.2) is 21.5 Å². The summed E-state index contributed by atoms with van der Waals surface area (Å²) in [4.78, 5) is 0. The molecule has 0 aromatic carbocycles. The van der Waals surface area contributed by atoms with Gasteiger partial charge in [0.05, 0.1) is 11.3 Å². The fourth-order valence-corrected chi connectivity index (χ4v) is 1.04. The van der Waals surface area contributed by atoms with Crippen molar-refractivity contribution in [3.63, 3.8) is 0 Å². The summed E-state index contributed by atoms with van der Waals surface area (Å²) >= 11 is 0. The molecule has 0 atom stereocenters. The van der Waals surface area contributed by atoms with Crippen molar-refractivity contribution in [3.05, 3.63) is 17.5 Å². The lowest BCUT2D eigenvalue weighted by atomic mass is 10.1. The van der Waals surface area contributed by atoms with Gasteiger partial charge in [-0.05, 0) is 6.92 Å². The minimum Gasteiger partial charge on any atom is -0.390 e. The SMILES string of the molecule is Cc1nn(C)cc1C(F)(F)CO. The second kappa shape index (κ2) is 2.82. The highest BCUT2D eigenvalue weighted by molar-refractivity contribution is 5.21. The van der Waals surface area contributed by atoms with Gasteiger partial charge < -0.3 is 5.11 Å². The summed E-state index contributed by atoms with van der Waals surface area (Å²) < 4.78 is 27.0. The highest BCUT2D eigenvalue weighted by atomic mass is 19.3. The molecular formula is C7H10F2N2O. The predicted molar refractivity (Wildman–Crippen MR) is 38.9 cm³/mol. The van der Waals surface area contributed by atoms with E-state index in [1.807, 2.05) is 0 Å². The Morgan fingerprint density at radius 3 is 2.58 bits per heavy atom. The first-order valence-electron chi connectivity index (χ1n) is 3.47. The third-order valence-corrected chi connectivity index (χ3v) is 1.61. The Bertz CT molecular complexity index is 283. The first-order chi connectivity index (χ1) is 5.47. The van der Waals surface area contributed by atoms with Crippen molar-refractivity contribution in [1.29, 1.82) is 0 Å². The zero-order valence-electron chi connectivity index (χ0n) is 6.88. The van der Waals surface area contributed by atoms with Crippen LogP contribution in [0.15, 0.2) is 6.20 Å². The third kappa shape index (κ3) is 1.45. The zero-order valence-corrected chi connectivity index (χ0v) is 6.88. The average molecular weight is 176 g/mol. The Balaban J connectivity index is 3.09. The van der Waals surface area contributed by atoms with Gasteiger partial charge in [0.15, 0.2) is 0 Å². The smallest absolute Gasteiger partial charge is 0.299 e. The highest BCUT2D eigenvalue weighted by Gasteiger charge is 2.33. The number of hydrogen-bond donors (Lipinski definition) is 1. The molecule has 0 aliphatic rings. The fraction of sp³-hybridized carbons (Fsp3) is 0.571. The maximum atomic E-state index is 12.9. The number of halogens is 2. The van der Waals surface area contributed by atoms with E-state index in [1.54, 1.807) is 7.05 Å². The van der Waals surface area contributed by atoms with Gasteiger partial charge in [-0.3, -0.25) is 4.68 Å². The molecule has 0 saturated heterocycles. The molecule has 0 aliphatic heterocycles. The maximum absolute atomic E-state index is 12.9. The Kier molecular flexibility index (Phi) is 2.14. The first-order valence-corrected chi connectivity index (χ1v) is 3.47. The van der Waals surface area contributed by atoms with E-state index in [9.17, 15) is 8.78 Å². The molecule has 1 aromatic heterocycles. The lowest BCUT2D eigenvalue weighted by Crippen LogP contribution is -2.18. The van der Waals surface area contributed by atoms with Crippen LogP contribution in [0.25, 0.3) is 0 Å². The van der Waals surface area contributed by atoms with Crippen molar-refractivity contribution < 1.29 is 13.9 Å². The zero-order chi connectivity index (χ0) is 9.35. The molecule has 0 amide bonds. The summed E-state index contributed by atoms with van der Waals surface area (Å²) in [5.41, 5.74) is 0.0315. The molecule has 0 bridgehead atoms. The van der Waals surface area contributed by atoms with E-state index < -0.39 is 12.5 Å². The third-order valence-electron chi connectivity index (χ3n) is 1.61. The van der Waals surface area contributed by atoms with Crippen LogP contribution in [0, 0.1) is 6.92 Å². The maximum Gasteiger partial charge on any atom is 0.299 e. The minimum absolute atomic E-state index is 0.215. The molecule has 1 rings (SSSR count). The number of aliphatic hydroxyl groups is 1. The standard InChI is InChI=1S/C7H10F2N2O/c1-5-6(3-11(2)10-5)7(8,9)4-12/h3,12H,4H2,1-2H3. The summed E-state index contributed by atoms with van der Waals surface area (Å²) in [7, 11) is 1.56. The molecule has 1 aromatic rings. The van der Waals surface area contributed by atoms with Gasteiger partial charge in [0.25, 0.3) is 5.92 Å². The molecule has 0 spiro atoms. The highest BCUT2D eigenvalue weighted by Crippen LogP contribution is 2.28. The van der Waals surface area contributed by atoms with Crippen molar-refractivity contribution in [2.75, 3.05) is 6.61 Å². The second-order valence-electron chi connectivity index (χ2n) is 2.66. The minimum atomic E-state index is -3.18. The molecule has 68 valence electrons. The number of aliphatic hydroxyl groups excluding tert-OH is 1. The Hall–Kier alpha value is -0.970. The molecule has 5 heteroatoms. The molecule has 1 heterocycles. The van der Waals surface area contributed by atoms with Crippen molar-refractivity contribution in [3.8, 4) is 0 Å². The summed E-state index contributed by atoms with van der Waals surface area (Å²) in [6.07, 6.45) is 1.21. The van der Waals surface area contributed by atoms with E-state index in [1.165, 1.54) is 17.8 Å². The number of rotatable bonds is 2. The van der Waals surface area contributed by atoms with E-state index in [0.717, 1.165) is 0 Å². The van der Waals surface area contributed by atoms with Crippen molar-refractivity contribution in [2.24, 2.45) is 7.05 Å². The summed E-state index contributed by atoms with van der Waals surface area (Å²) in [6, 6.07) is 0. The molecule has 1 N–H and O–H groups in total. The monoisotopic (exact) mass is 176 g/mol. The molecule has 12 heavy (non-hydrogen) atoms. The van der Waals surface area contributed by atoms with E-state index in [4.69, 9.17) is 5.11 Å². The van der Waals surface area contributed by atoms with E-state index in [-0.39, 0.29) is 11.3 Å². The van der Waals surface area contributed by atoms with Crippen LogP contribution in [0.3, 0.4) is 0 Å². The summed E-state index contributed by atoms with van der Waals surface area (Å²) in [6.45, 7) is 0.304. The summed E-state index contributed by atoms with van der Waals surface area (Å²) in [5, 5.41) is 12.1. The van der Waals surface area contributed by atoms with E-state index in [0.29, 0.717) is 0 Å². The number of alkyl halides is 2. The van der Waals surface area contributed by atoms with Crippen molar-refractivity contribution in [2.45, 2.75) is 12.8 Å². The molecular weight excluding hydrogens is 166 g/mol. The van der Waals surface area contributed by atoms with Gasteiger partial charge in [0, 0.05) is 13.2 Å². The lowest BCUT2D eigenvalue weighted by Gasteiger charge is -2.10. The van der Waals surface area contributed by atoms with Crippen LogP contribution in [0.2, 0.25) is 0 Å². The van der Waals surface area contributed by atoms with Gasteiger partial charge in [-0.1, -0.05) is 0 Å². The lowest BCUT2D eigenvalue weighted by molar-refractivity contribution is -0.0561. The first kappa shape index (κ1) is 9.12. The normalized spacial score (nSPS) is 12.1. The van der Waals surface area contributed by atoms with Gasteiger partial charge in [0.2, 0.25) is 0 Å². The van der Waals surface area contributed by atoms with Gasteiger partial charge in [-0.2, -0.15) is 13.9 Å². The van der Waals surface area contributed by atoms with E-state index in [2.05, 4.69) is 5.10 Å². The van der Waals surface area contributed by atoms with Gasteiger partial charge in [-0.25, -0.2) is 0 Å². The van der Waals surface area contributed by atoms with E-state index >= 15 is 0 Å². The number of nitrogens with zero attached hydrogens (tertiary/aromatic N) is 2. The largest absolute Gasteiger partial charge is 0.390 e. The van der Waals surface area contributed by atoms with Crippen LogP contribution in [0.4, 0.5) is 8.78 Å². The molecule has 0 radical (unpaired) electrons. The fourth-order valence-electron chi connectivity index (χ4n) is 1.04. The van der Waals surface area contributed by atoms with Gasteiger partial charge in [0.1, 0.15) is 6.61 Å². The Morgan fingerprint density at radius 1 is 1.67 bits per heavy atom. The topological polar surface area (TPSA) is 38.0 Å². The van der Waals surface area contributed by atoms with Crippen molar-refractivity contribution in [1.82, 2.24) is 9.78 Å². The van der Waals surface area contributed by atoms with Gasteiger partial charge in [-0.15, -0.1) is 0 Å². The van der Waals surface area contributed by atoms with Crippen LogP contribution >= 0.6 is 0 Å².